The summed E-state index contributed by atoms with van der Waals surface area (Å²) in [5.74, 6) is 0.497. The molecule has 0 bridgehead atoms. The smallest absolute Gasteiger partial charge is 0.225 e. The number of amides is 1. The minimum atomic E-state index is 0.113. The van der Waals surface area contributed by atoms with E-state index in [9.17, 15) is 4.79 Å². The quantitative estimate of drug-likeness (QED) is 0.280. The molecule has 5 aromatic rings. The maximum absolute atomic E-state index is 12.7. The molecule has 0 atom stereocenters. The summed E-state index contributed by atoms with van der Waals surface area (Å²) >= 11 is 0. The molecule has 0 unspecified atom stereocenters. The highest BCUT2D eigenvalue weighted by Crippen LogP contribution is 2.31. The summed E-state index contributed by atoms with van der Waals surface area (Å²) in [5, 5.41) is 6.62. The Hall–Kier alpha value is -4.35. The zero-order valence-corrected chi connectivity index (χ0v) is 21.8. The first-order valence-corrected chi connectivity index (χ1v) is 13.0. The van der Waals surface area contributed by atoms with Crippen molar-refractivity contribution in [1.29, 1.82) is 0 Å². The Morgan fingerprint density at radius 1 is 1.10 bits per heavy atom. The van der Waals surface area contributed by atoms with E-state index in [1.54, 1.807) is 13.3 Å². The number of anilines is 1. The van der Waals surface area contributed by atoms with Gasteiger partial charge in [0, 0.05) is 43.5 Å². The van der Waals surface area contributed by atoms with Gasteiger partial charge in [-0.15, -0.1) is 0 Å². The molecule has 0 saturated heterocycles. The molecule has 200 valence electrons. The average molecular weight is 527 g/mol. The number of rotatable bonds is 9. The van der Waals surface area contributed by atoms with Crippen molar-refractivity contribution in [2.75, 3.05) is 39.2 Å². The zero-order chi connectivity index (χ0) is 26.8. The van der Waals surface area contributed by atoms with Crippen LogP contribution >= 0.6 is 0 Å². The van der Waals surface area contributed by atoms with E-state index in [-0.39, 0.29) is 5.91 Å². The molecule has 0 saturated carbocycles. The highest BCUT2D eigenvalue weighted by atomic mass is 16.5. The molecule has 0 radical (unpaired) electrons. The monoisotopic (exact) mass is 526 g/mol. The van der Waals surface area contributed by atoms with Crippen LogP contribution in [0.2, 0.25) is 0 Å². The van der Waals surface area contributed by atoms with Crippen molar-refractivity contribution in [2.45, 2.75) is 25.9 Å². The molecular weight excluding hydrogens is 496 g/mol. The minimum absolute atomic E-state index is 0.113. The van der Waals surface area contributed by atoms with Gasteiger partial charge in [0.2, 0.25) is 5.91 Å². The number of carbonyl (C=O) groups excluding carboxylic acids is 1. The molecule has 0 fully saturated rings. The molecule has 1 amide bonds. The van der Waals surface area contributed by atoms with E-state index < -0.39 is 0 Å². The number of benzene rings is 1. The van der Waals surface area contributed by atoms with Crippen LogP contribution in [0.25, 0.3) is 33.3 Å². The van der Waals surface area contributed by atoms with Crippen LogP contribution in [0.15, 0.2) is 49.1 Å². The van der Waals surface area contributed by atoms with Gasteiger partial charge in [-0.2, -0.15) is 5.10 Å². The Kier molecular flexibility index (Phi) is 6.91. The first kappa shape index (κ1) is 25.0. The Balaban J connectivity index is 1.21. The number of aromatic amines is 1. The van der Waals surface area contributed by atoms with Crippen molar-refractivity contribution >= 4 is 33.8 Å². The van der Waals surface area contributed by atoms with Crippen LogP contribution in [-0.4, -0.2) is 74.0 Å². The molecule has 1 aliphatic rings. The number of H-pyrrole nitrogens is 1. The van der Waals surface area contributed by atoms with E-state index in [4.69, 9.17) is 20.3 Å². The number of methoxy groups -OCH3 is 1. The second-order valence-electron chi connectivity index (χ2n) is 9.63. The van der Waals surface area contributed by atoms with Crippen LogP contribution in [0.4, 0.5) is 5.82 Å². The highest BCUT2D eigenvalue weighted by Gasteiger charge is 2.22. The lowest BCUT2D eigenvalue weighted by atomic mass is 9.97. The van der Waals surface area contributed by atoms with Gasteiger partial charge in [0.05, 0.1) is 38.2 Å². The summed E-state index contributed by atoms with van der Waals surface area (Å²) in [7, 11) is 1.63. The molecule has 1 aliphatic heterocycles. The predicted molar refractivity (Wildman–Crippen MR) is 147 cm³/mol. The van der Waals surface area contributed by atoms with Crippen molar-refractivity contribution in [3.63, 3.8) is 0 Å². The van der Waals surface area contributed by atoms with Gasteiger partial charge < -0.3 is 25.1 Å². The Labute approximate surface area is 225 Å². The normalized spacial score (nSPS) is 13.3. The van der Waals surface area contributed by atoms with Crippen LogP contribution in [0, 0.1) is 0 Å². The molecule has 1 aromatic carbocycles. The number of hydrogen-bond acceptors (Lipinski definition) is 8. The molecule has 3 N–H and O–H groups in total. The van der Waals surface area contributed by atoms with Gasteiger partial charge in [-0.05, 0) is 35.2 Å². The van der Waals surface area contributed by atoms with Gasteiger partial charge in [0.15, 0.2) is 5.65 Å². The number of aromatic nitrogens is 6. The van der Waals surface area contributed by atoms with Gasteiger partial charge in [-0.25, -0.2) is 19.6 Å². The Morgan fingerprint density at radius 3 is 2.92 bits per heavy atom. The SMILES string of the molecule is COCCOCCC(=O)N1CCc2cc(Cn3nc(-c4cnc5[nH]ccc5c4)c4c(N)ncnc43)ccc2C1. The molecule has 6 rings (SSSR count). The van der Waals surface area contributed by atoms with Gasteiger partial charge in [0.25, 0.3) is 0 Å². The van der Waals surface area contributed by atoms with Gasteiger partial charge in [-0.3, -0.25) is 4.79 Å². The molecule has 0 spiro atoms. The van der Waals surface area contributed by atoms with Gasteiger partial charge in [-0.1, -0.05) is 18.2 Å². The first-order valence-electron chi connectivity index (χ1n) is 13.0. The van der Waals surface area contributed by atoms with Gasteiger partial charge >= 0.3 is 0 Å². The lowest BCUT2D eigenvalue weighted by Crippen LogP contribution is -2.36. The minimum Gasteiger partial charge on any atom is -0.383 e. The van der Waals surface area contributed by atoms with Crippen molar-refractivity contribution in [3.8, 4) is 11.3 Å². The summed E-state index contributed by atoms with van der Waals surface area (Å²) in [4.78, 5) is 30.9. The fourth-order valence-electron chi connectivity index (χ4n) is 5.06. The summed E-state index contributed by atoms with van der Waals surface area (Å²) in [5.41, 5.74) is 12.9. The van der Waals surface area contributed by atoms with Crippen molar-refractivity contribution in [1.82, 2.24) is 34.6 Å². The van der Waals surface area contributed by atoms with Crippen molar-refractivity contribution in [3.05, 3.63) is 65.7 Å². The topological polar surface area (TPSA) is 137 Å². The highest BCUT2D eigenvalue weighted by molar-refractivity contribution is 5.99. The maximum Gasteiger partial charge on any atom is 0.225 e. The fourth-order valence-corrected chi connectivity index (χ4v) is 5.06. The molecule has 39 heavy (non-hydrogen) atoms. The summed E-state index contributed by atoms with van der Waals surface area (Å²) in [6.45, 7) is 3.28. The number of hydrogen-bond donors (Lipinski definition) is 2. The zero-order valence-electron chi connectivity index (χ0n) is 21.8. The summed E-state index contributed by atoms with van der Waals surface area (Å²) < 4.78 is 12.3. The summed E-state index contributed by atoms with van der Waals surface area (Å²) in [6, 6.07) is 10.4. The number of nitrogens with one attached hydrogen (secondary N) is 1. The molecule has 11 heteroatoms. The molecular formula is C28H30N8O3. The van der Waals surface area contributed by atoms with Crippen LogP contribution in [0.1, 0.15) is 23.1 Å². The van der Waals surface area contributed by atoms with Crippen LogP contribution in [-0.2, 0) is 33.8 Å². The number of ether oxygens (including phenoxy) is 2. The van der Waals surface area contributed by atoms with E-state index in [1.165, 1.54) is 17.5 Å². The lowest BCUT2D eigenvalue weighted by molar-refractivity contribution is -0.133. The Morgan fingerprint density at radius 2 is 2.03 bits per heavy atom. The van der Waals surface area contributed by atoms with E-state index >= 15 is 0 Å². The van der Waals surface area contributed by atoms with E-state index in [2.05, 4.69) is 38.1 Å². The van der Waals surface area contributed by atoms with Crippen LogP contribution in [0.3, 0.4) is 0 Å². The second-order valence-corrected chi connectivity index (χ2v) is 9.63. The van der Waals surface area contributed by atoms with E-state index in [1.807, 2.05) is 27.9 Å². The average Bonchev–Trinajstić information content (AvgIpc) is 3.57. The molecule has 0 aliphatic carbocycles. The molecule has 11 nitrogen and oxygen atoms in total. The third kappa shape index (κ3) is 5.06. The standard InChI is InChI=1S/C28H30N8O3/c1-38-10-11-39-9-6-23(37)35-8-5-19-12-18(2-3-21(19)16-35)15-36-28-24(26(29)32-17-33-28)25(34-36)22-13-20-4-7-30-27(20)31-14-22/h2-4,7,12-14,17H,5-6,8-11,15-16H2,1H3,(H,30,31)(H2,29,32,33). The largest absolute Gasteiger partial charge is 0.383 e. The van der Waals surface area contributed by atoms with E-state index in [0.717, 1.165) is 28.6 Å². The third-order valence-electron chi connectivity index (χ3n) is 7.09. The van der Waals surface area contributed by atoms with Crippen LogP contribution < -0.4 is 5.73 Å². The number of nitrogens with zero attached hydrogens (tertiary/aromatic N) is 6. The van der Waals surface area contributed by atoms with Gasteiger partial charge in [0.1, 0.15) is 23.5 Å². The van der Waals surface area contributed by atoms with E-state index in [0.29, 0.717) is 68.4 Å². The first-order chi connectivity index (χ1) is 19.1. The number of nitrogens with two attached hydrogens (primary N) is 1. The van der Waals surface area contributed by atoms with Crippen molar-refractivity contribution in [2.24, 2.45) is 0 Å². The van der Waals surface area contributed by atoms with Crippen LogP contribution in [0.5, 0.6) is 0 Å². The maximum atomic E-state index is 12.7. The molecule has 4 aromatic heterocycles. The number of carbonyl (C=O) groups is 1. The second kappa shape index (κ2) is 10.8. The molecule has 5 heterocycles. The third-order valence-corrected chi connectivity index (χ3v) is 7.09. The summed E-state index contributed by atoms with van der Waals surface area (Å²) in [6.07, 6.45) is 6.30. The number of nitrogen functional groups attached to an aromatic ring is 1. The Bertz CT molecular complexity index is 1640. The predicted octanol–water partition coefficient (Wildman–Crippen LogP) is 2.94. The number of fused-ring (bicyclic) bond motifs is 3. The van der Waals surface area contributed by atoms with Crippen molar-refractivity contribution < 1.29 is 14.3 Å². The fraction of sp³-hybridized carbons (Fsp3) is 0.321. The number of pyridine rings is 1. The lowest BCUT2D eigenvalue weighted by Gasteiger charge is -2.29.